The van der Waals surface area contributed by atoms with Gasteiger partial charge >= 0.3 is 0 Å². The summed E-state index contributed by atoms with van der Waals surface area (Å²) < 4.78 is 5.38. The van der Waals surface area contributed by atoms with Gasteiger partial charge in [-0.2, -0.15) is 0 Å². The minimum Gasteiger partial charge on any atom is -0.495 e. The van der Waals surface area contributed by atoms with Gasteiger partial charge in [-0.1, -0.05) is 23.7 Å². The third kappa shape index (κ3) is 2.73. The molecular weight excluding hydrogens is 314 g/mol. The summed E-state index contributed by atoms with van der Waals surface area (Å²) in [7, 11) is 0. The van der Waals surface area contributed by atoms with Crippen LogP contribution in [-0.2, 0) is 4.74 Å². The van der Waals surface area contributed by atoms with Crippen LogP contribution in [-0.4, -0.2) is 41.4 Å². The molecule has 0 aliphatic carbocycles. The Bertz CT molecular complexity index is 839. The molecule has 2 N–H and O–H groups in total. The van der Waals surface area contributed by atoms with Gasteiger partial charge in [-0.05, 0) is 18.2 Å². The smallest absolute Gasteiger partial charge is 0.190 e. The summed E-state index contributed by atoms with van der Waals surface area (Å²) in [6.07, 6.45) is 0. The van der Waals surface area contributed by atoms with Crippen LogP contribution in [0.2, 0.25) is 5.02 Å². The number of fused-ring (bicyclic) bond motifs is 1. The quantitative estimate of drug-likeness (QED) is 0.756. The van der Waals surface area contributed by atoms with Crippen LogP contribution in [0.25, 0.3) is 22.3 Å². The molecule has 0 spiro atoms. The summed E-state index contributed by atoms with van der Waals surface area (Å²) >= 11 is 6.34. The van der Waals surface area contributed by atoms with E-state index in [0.29, 0.717) is 16.2 Å². The second-order valence-electron chi connectivity index (χ2n) is 5.55. The number of nitrogens with zero attached hydrogens (tertiary/aromatic N) is 2. The standard InChI is InChI=1S/C17H16ClN3O2/c18-13-9-14-15(10-16(22)19-14)20-17(13)11-1-3-12(4-2-11)21-5-7-23-8-6-21/h1-4,9-10,19,22H,5-8H2. The first-order valence-electron chi connectivity index (χ1n) is 7.52. The number of halogens is 1. The molecule has 118 valence electrons. The lowest BCUT2D eigenvalue weighted by Crippen LogP contribution is -2.36. The minimum absolute atomic E-state index is 0.0865. The summed E-state index contributed by atoms with van der Waals surface area (Å²) in [5.74, 6) is 0.0865. The highest BCUT2D eigenvalue weighted by Crippen LogP contribution is 2.31. The van der Waals surface area contributed by atoms with Crippen LogP contribution < -0.4 is 4.90 Å². The monoisotopic (exact) mass is 329 g/mol. The van der Waals surface area contributed by atoms with Crippen molar-refractivity contribution in [3.8, 4) is 17.1 Å². The van der Waals surface area contributed by atoms with Gasteiger partial charge in [-0.15, -0.1) is 0 Å². The number of benzene rings is 1. The van der Waals surface area contributed by atoms with Crippen molar-refractivity contribution in [1.29, 1.82) is 0 Å². The van der Waals surface area contributed by atoms with Crippen LogP contribution in [0.15, 0.2) is 36.4 Å². The van der Waals surface area contributed by atoms with Crippen molar-refractivity contribution in [1.82, 2.24) is 9.97 Å². The number of nitrogens with one attached hydrogen (secondary N) is 1. The van der Waals surface area contributed by atoms with E-state index in [1.165, 1.54) is 5.69 Å². The zero-order valence-electron chi connectivity index (χ0n) is 12.4. The molecule has 0 bridgehead atoms. The number of aromatic amines is 1. The average molecular weight is 330 g/mol. The number of H-pyrrole nitrogens is 1. The molecule has 1 aromatic carbocycles. The van der Waals surface area contributed by atoms with Gasteiger partial charge in [-0.3, -0.25) is 0 Å². The van der Waals surface area contributed by atoms with Crippen LogP contribution in [0.4, 0.5) is 5.69 Å². The fraction of sp³-hybridized carbons (Fsp3) is 0.235. The van der Waals surface area contributed by atoms with Crippen molar-refractivity contribution in [2.24, 2.45) is 0 Å². The second kappa shape index (κ2) is 5.76. The summed E-state index contributed by atoms with van der Waals surface area (Å²) in [5, 5.41) is 10.1. The van der Waals surface area contributed by atoms with Gasteiger partial charge in [0.05, 0.1) is 35.0 Å². The number of ether oxygens (including phenoxy) is 1. The third-order valence-corrected chi connectivity index (χ3v) is 4.35. The first-order valence-corrected chi connectivity index (χ1v) is 7.90. The molecule has 5 nitrogen and oxygen atoms in total. The first-order chi connectivity index (χ1) is 11.2. The molecule has 23 heavy (non-hydrogen) atoms. The van der Waals surface area contributed by atoms with E-state index in [9.17, 15) is 5.11 Å². The Balaban J connectivity index is 1.68. The van der Waals surface area contributed by atoms with Crippen molar-refractivity contribution in [3.63, 3.8) is 0 Å². The fourth-order valence-corrected chi connectivity index (χ4v) is 3.13. The normalized spacial score (nSPS) is 15.3. The molecule has 1 saturated heterocycles. The molecule has 1 aliphatic rings. The van der Waals surface area contributed by atoms with E-state index < -0.39 is 0 Å². The molecule has 1 aliphatic heterocycles. The van der Waals surface area contributed by atoms with Gasteiger partial charge in [-0.25, -0.2) is 4.98 Å². The Kier molecular flexibility index (Phi) is 3.59. The molecule has 0 saturated carbocycles. The Hall–Kier alpha value is -2.24. The van der Waals surface area contributed by atoms with Gasteiger partial charge in [0.25, 0.3) is 0 Å². The van der Waals surface area contributed by atoms with Crippen LogP contribution in [0.5, 0.6) is 5.88 Å². The number of morpholine rings is 1. The van der Waals surface area contributed by atoms with Gasteiger partial charge in [0.1, 0.15) is 0 Å². The number of aromatic nitrogens is 2. The number of hydrogen-bond acceptors (Lipinski definition) is 4. The predicted molar refractivity (Wildman–Crippen MR) is 91.2 cm³/mol. The predicted octanol–water partition coefficient (Wildman–Crippen LogP) is 3.43. The number of rotatable bonds is 2. The largest absolute Gasteiger partial charge is 0.495 e. The number of anilines is 1. The SMILES string of the molecule is Oc1cc2nc(-c3ccc(N4CCOCC4)cc3)c(Cl)cc2[nH]1. The number of hydrogen-bond donors (Lipinski definition) is 2. The van der Waals surface area contributed by atoms with E-state index in [-0.39, 0.29) is 5.88 Å². The molecule has 0 atom stereocenters. The molecule has 6 heteroatoms. The maximum atomic E-state index is 9.53. The molecule has 0 unspecified atom stereocenters. The van der Waals surface area contributed by atoms with E-state index in [0.717, 1.165) is 37.4 Å². The van der Waals surface area contributed by atoms with Crippen molar-refractivity contribution in [3.05, 3.63) is 41.4 Å². The van der Waals surface area contributed by atoms with Crippen molar-refractivity contribution in [2.75, 3.05) is 31.2 Å². The maximum Gasteiger partial charge on any atom is 0.190 e. The Morgan fingerprint density at radius 2 is 1.87 bits per heavy atom. The second-order valence-corrected chi connectivity index (χ2v) is 5.96. The van der Waals surface area contributed by atoms with Crippen LogP contribution in [0.3, 0.4) is 0 Å². The third-order valence-electron chi connectivity index (χ3n) is 4.06. The fourth-order valence-electron chi connectivity index (χ4n) is 2.87. The number of aromatic hydroxyl groups is 1. The highest BCUT2D eigenvalue weighted by atomic mass is 35.5. The lowest BCUT2D eigenvalue weighted by molar-refractivity contribution is 0.122. The zero-order valence-corrected chi connectivity index (χ0v) is 13.2. The van der Waals surface area contributed by atoms with Gasteiger partial charge in [0, 0.05) is 30.4 Å². The van der Waals surface area contributed by atoms with E-state index >= 15 is 0 Å². The summed E-state index contributed by atoms with van der Waals surface area (Å²) in [6, 6.07) is 11.6. The first kappa shape index (κ1) is 14.4. The Morgan fingerprint density at radius 1 is 1.13 bits per heavy atom. The van der Waals surface area contributed by atoms with E-state index in [1.807, 2.05) is 12.1 Å². The Morgan fingerprint density at radius 3 is 2.61 bits per heavy atom. The zero-order chi connectivity index (χ0) is 15.8. The van der Waals surface area contributed by atoms with Crippen LogP contribution >= 0.6 is 11.6 Å². The van der Waals surface area contributed by atoms with Crippen molar-refractivity contribution in [2.45, 2.75) is 0 Å². The average Bonchev–Trinajstić information content (AvgIpc) is 2.94. The molecule has 1 fully saturated rings. The van der Waals surface area contributed by atoms with E-state index in [1.54, 1.807) is 12.1 Å². The van der Waals surface area contributed by atoms with Crippen molar-refractivity contribution >= 4 is 28.3 Å². The molecule has 2 aromatic heterocycles. The van der Waals surface area contributed by atoms with Crippen molar-refractivity contribution < 1.29 is 9.84 Å². The van der Waals surface area contributed by atoms with Gasteiger partial charge < -0.3 is 19.7 Å². The molecule has 3 aromatic rings. The molecule has 3 heterocycles. The maximum absolute atomic E-state index is 9.53. The van der Waals surface area contributed by atoms with Crippen LogP contribution in [0, 0.1) is 0 Å². The van der Waals surface area contributed by atoms with Crippen LogP contribution in [0.1, 0.15) is 0 Å². The topological polar surface area (TPSA) is 61.4 Å². The minimum atomic E-state index is 0.0865. The van der Waals surface area contributed by atoms with Gasteiger partial charge in [0.2, 0.25) is 0 Å². The lowest BCUT2D eigenvalue weighted by atomic mass is 10.1. The molecule has 4 rings (SSSR count). The Labute approximate surface area is 138 Å². The number of pyridine rings is 1. The highest BCUT2D eigenvalue weighted by Gasteiger charge is 2.13. The summed E-state index contributed by atoms with van der Waals surface area (Å²) in [5.41, 5.74) is 4.26. The summed E-state index contributed by atoms with van der Waals surface area (Å²) in [4.78, 5) is 9.67. The molecule has 0 amide bonds. The van der Waals surface area contributed by atoms with Gasteiger partial charge in [0.15, 0.2) is 5.88 Å². The van der Waals surface area contributed by atoms with E-state index in [2.05, 4.69) is 27.0 Å². The van der Waals surface area contributed by atoms with E-state index in [4.69, 9.17) is 16.3 Å². The molecule has 0 radical (unpaired) electrons. The lowest BCUT2D eigenvalue weighted by Gasteiger charge is -2.28. The molecular formula is C17H16ClN3O2. The highest BCUT2D eigenvalue weighted by molar-refractivity contribution is 6.33. The summed E-state index contributed by atoms with van der Waals surface area (Å²) in [6.45, 7) is 3.35.